The molecule has 3 amide bonds. The minimum Gasteiger partial charge on any atom is -0.466 e. The van der Waals surface area contributed by atoms with Crippen LogP contribution in [0.3, 0.4) is 0 Å². The van der Waals surface area contributed by atoms with E-state index in [1.807, 2.05) is 67.6 Å². The smallest absolute Gasteiger partial charge is 0.306 e. The van der Waals surface area contributed by atoms with E-state index in [1.165, 1.54) is 0 Å². The highest BCUT2D eigenvalue weighted by atomic mass is 16.5. The molecule has 0 aromatic heterocycles. The Balaban J connectivity index is 1.44. The number of anilines is 1. The first-order valence-electron chi connectivity index (χ1n) is 13.2. The van der Waals surface area contributed by atoms with Gasteiger partial charge in [0, 0.05) is 25.2 Å². The number of esters is 1. The summed E-state index contributed by atoms with van der Waals surface area (Å²) in [5.74, 6) is -0.810. The van der Waals surface area contributed by atoms with Crippen molar-refractivity contribution in [3.63, 3.8) is 0 Å². The highest BCUT2D eigenvalue weighted by Gasteiger charge is 2.54. The Kier molecular flexibility index (Phi) is 8.66. The molecular weight excluding hydrogens is 484 g/mol. The lowest BCUT2D eigenvalue weighted by atomic mass is 9.85. The van der Waals surface area contributed by atoms with Crippen molar-refractivity contribution in [2.75, 3.05) is 37.8 Å². The molecule has 9 heteroatoms. The summed E-state index contributed by atoms with van der Waals surface area (Å²) in [6.45, 7) is 5.01. The SMILES string of the molecule is CCOC(=O)CCC(=O)N1CCC2(CC1)C(=O)N(CC(=O)N[C@H](C)c1ccccc1)CN2c1ccccc1. The molecule has 2 fully saturated rings. The van der Waals surface area contributed by atoms with Gasteiger partial charge in [0.2, 0.25) is 11.8 Å². The molecule has 38 heavy (non-hydrogen) atoms. The van der Waals surface area contributed by atoms with E-state index >= 15 is 0 Å². The van der Waals surface area contributed by atoms with Gasteiger partial charge in [0.05, 0.1) is 25.7 Å². The van der Waals surface area contributed by atoms with Crippen molar-refractivity contribution in [1.82, 2.24) is 15.1 Å². The third-order valence-electron chi connectivity index (χ3n) is 7.39. The Labute approximate surface area is 223 Å². The highest BCUT2D eigenvalue weighted by Crippen LogP contribution is 2.39. The van der Waals surface area contributed by atoms with Crippen LogP contribution < -0.4 is 10.2 Å². The zero-order valence-electron chi connectivity index (χ0n) is 22.1. The molecule has 1 spiro atoms. The summed E-state index contributed by atoms with van der Waals surface area (Å²) in [7, 11) is 0. The van der Waals surface area contributed by atoms with Crippen molar-refractivity contribution in [2.45, 2.75) is 51.1 Å². The van der Waals surface area contributed by atoms with Crippen LogP contribution in [0.4, 0.5) is 5.69 Å². The number of hydrogen-bond donors (Lipinski definition) is 1. The number of carbonyl (C=O) groups is 4. The zero-order valence-corrected chi connectivity index (χ0v) is 22.1. The zero-order chi connectivity index (χ0) is 27.1. The maximum atomic E-state index is 13.9. The van der Waals surface area contributed by atoms with E-state index in [0.29, 0.717) is 32.6 Å². The van der Waals surface area contributed by atoms with Gasteiger partial charge in [-0.3, -0.25) is 19.2 Å². The van der Waals surface area contributed by atoms with Crippen LogP contribution in [0.25, 0.3) is 0 Å². The number of piperidine rings is 1. The molecule has 4 rings (SSSR count). The summed E-state index contributed by atoms with van der Waals surface area (Å²) >= 11 is 0. The molecule has 0 radical (unpaired) electrons. The minimum absolute atomic E-state index is 0.0384. The van der Waals surface area contributed by atoms with Crippen LogP contribution in [0.1, 0.15) is 51.1 Å². The second-order valence-electron chi connectivity index (χ2n) is 9.83. The van der Waals surface area contributed by atoms with Crippen molar-refractivity contribution in [2.24, 2.45) is 0 Å². The van der Waals surface area contributed by atoms with Gasteiger partial charge >= 0.3 is 5.97 Å². The van der Waals surface area contributed by atoms with Crippen molar-refractivity contribution in [1.29, 1.82) is 0 Å². The maximum Gasteiger partial charge on any atom is 0.306 e. The molecule has 9 nitrogen and oxygen atoms in total. The molecule has 202 valence electrons. The average molecular weight is 521 g/mol. The lowest BCUT2D eigenvalue weighted by Crippen LogP contribution is -2.57. The molecule has 0 bridgehead atoms. The van der Waals surface area contributed by atoms with Gasteiger partial charge in [-0.05, 0) is 44.4 Å². The van der Waals surface area contributed by atoms with Crippen LogP contribution >= 0.6 is 0 Å². The van der Waals surface area contributed by atoms with E-state index in [2.05, 4.69) is 10.2 Å². The summed E-state index contributed by atoms with van der Waals surface area (Å²) in [5.41, 5.74) is 1.07. The van der Waals surface area contributed by atoms with Crippen LogP contribution in [0.5, 0.6) is 0 Å². The molecule has 1 atom stereocenters. The Morgan fingerprint density at radius 2 is 1.61 bits per heavy atom. The van der Waals surface area contributed by atoms with E-state index in [1.54, 1.807) is 16.7 Å². The molecule has 2 saturated heterocycles. The van der Waals surface area contributed by atoms with Gasteiger partial charge in [-0.15, -0.1) is 0 Å². The molecular formula is C29H36N4O5. The van der Waals surface area contributed by atoms with Crippen LogP contribution in [-0.4, -0.2) is 71.9 Å². The number of ether oxygens (including phenoxy) is 1. The highest BCUT2D eigenvalue weighted by molar-refractivity contribution is 5.96. The Morgan fingerprint density at radius 3 is 2.24 bits per heavy atom. The number of carbonyl (C=O) groups excluding carboxylic acids is 4. The Bertz CT molecular complexity index is 1130. The predicted octanol–water partition coefficient (Wildman–Crippen LogP) is 2.87. The van der Waals surface area contributed by atoms with Gasteiger partial charge in [-0.2, -0.15) is 0 Å². The second-order valence-corrected chi connectivity index (χ2v) is 9.83. The van der Waals surface area contributed by atoms with E-state index < -0.39 is 5.54 Å². The first kappa shape index (κ1) is 27.2. The molecule has 2 aromatic rings. The van der Waals surface area contributed by atoms with Crippen molar-refractivity contribution in [3.8, 4) is 0 Å². The van der Waals surface area contributed by atoms with E-state index in [4.69, 9.17) is 4.74 Å². The first-order valence-corrected chi connectivity index (χ1v) is 13.2. The second kappa shape index (κ2) is 12.1. The quantitative estimate of drug-likeness (QED) is 0.511. The third-order valence-corrected chi connectivity index (χ3v) is 7.39. The van der Waals surface area contributed by atoms with Gasteiger partial charge in [0.1, 0.15) is 12.1 Å². The van der Waals surface area contributed by atoms with Crippen molar-refractivity contribution in [3.05, 3.63) is 66.2 Å². The van der Waals surface area contributed by atoms with Gasteiger partial charge in [-0.25, -0.2) is 0 Å². The summed E-state index contributed by atoms with van der Waals surface area (Å²) in [6.07, 6.45) is 1.04. The average Bonchev–Trinajstić information content (AvgIpc) is 3.19. The van der Waals surface area contributed by atoms with Crippen molar-refractivity contribution < 1.29 is 23.9 Å². The van der Waals surface area contributed by atoms with E-state index in [-0.39, 0.29) is 55.7 Å². The van der Waals surface area contributed by atoms with Crippen molar-refractivity contribution >= 4 is 29.4 Å². The molecule has 2 aliphatic rings. The maximum absolute atomic E-state index is 13.9. The molecule has 2 aliphatic heterocycles. The number of rotatable bonds is 9. The number of hydrogen-bond acceptors (Lipinski definition) is 6. The van der Waals surface area contributed by atoms with Crippen LogP contribution in [0, 0.1) is 0 Å². The summed E-state index contributed by atoms with van der Waals surface area (Å²) in [4.78, 5) is 56.6. The first-order chi connectivity index (χ1) is 18.3. The molecule has 0 unspecified atom stereocenters. The molecule has 2 heterocycles. The van der Waals surface area contributed by atoms with Crippen LogP contribution in [0.15, 0.2) is 60.7 Å². The standard InChI is InChI=1S/C29H36N4O5/c1-3-38-27(36)15-14-26(35)31-18-16-29(17-19-31)28(37)32(21-33(29)24-12-8-5-9-13-24)20-25(34)30-22(2)23-10-6-4-7-11-23/h4-13,22H,3,14-21H2,1-2H3,(H,30,34)/t22-/m1/s1. The number of benzene rings is 2. The molecule has 0 saturated carbocycles. The molecule has 0 aliphatic carbocycles. The predicted molar refractivity (Wildman–Crippen MR) is 143 cm³/mol. The fourth-order valence-electron chi connectivity index (χ4n) is 5.33. The summed E-state index contributed by atoms with van der Waals surface area (Å²) < 4.78 is 4.93. The summed E-state index contributed by atoms with van der Waals surface area (Å²) in [6, 6.07) is 19.2. The number of nitrogens with zero attached hydrogens (tertiary/aromatic N) is 3. The lowest BCUT2D eigenvalue weighted by molar-refractivity contribution is -0.146. The molecule has 1 N–H and O–H groups in total. The molecule has 2 aromatic carbocycles. The number of para-hydroxylation sites is 1. The Morgan fingerprint density at radius 1 is 0.974 bits per heavy atom. The van der Waals surface area contributed by atoms with Crippen LogP contribution in [-0.2, 0) is 23.9 Å². The third kappa shape index (κ3) is 5.98. The van der Waals surface area contributed by atoms with E-state index in [9.17, 15) is 19.2 Å². The minimum atomic E-state index is -0.829. The topological polar surface area (TPSA) is 99.3 Å². The van der Waals surface area contributed by atoms with Crippen LogP contribution in [0.2, 0.25) is 0 Å². The van der Waals surface area contributed by atoms with Gasteiger partial charge in [-0.1, -0.05) is 48.5 Å². The monoisotopic (exact) mass is 520 g/mol. The number of nitrogens with one attached hydrogen (secondary N) is 1. The number of amides is 3. The number of likely N-dealkylation sites (tertiary alicyclic amines) is 1. The van der Waals surface area contributed by atoms with Gasteiger partial charge < -0.3 is 24.8 Å². The summed E-state index contributed by atoms with van der Waals surface area (Å²) in [5, 5.41) is 3.00. The fourth-order valence-corrected chi connectivity index (χ4v) is 5.33. The normalized spacial score (nSPS) is 17.4. The van der Waals surface area contributed by atoms with Gasteiger partial charge in [0.15, 0.2) is 0 Å². The van der Waals surface area contributed by atoms with Gasteiger partial charge in [0.25, 0.3) is 5.91 Å². The fraction of sp³-hybridized carbons (Fsp3) is 0.448. The van der Waals surface area contributed by atoms with E-state index in [0.717, 1.165) is 11.3 Å². The Hall–Kier alpha value is -3.88. The largest absolute Gasteiger partial charge is 0.466 e. The lowest BCUT2D eigenvalue weighted by Gasteiger charge is -2.43.